The Bertz CT molecular complexity index is 570. The molecule has 1 aromatic carbocycles. The number of hydrogen-bond donors (Lipinski definition) is 0. The molecule has 0 heterocycles. The summed E-state index contributed by atoms with van der Waals surface area (Å²) in [5, 5.41) is 9.16. The van der Waals surface area contributed by atoms with E-state index in [1.807, 2.05) is 6.07 Å². The highest BCUT2D eigenvalue weighted by Crippen LogP contribution is 2.14. The monoisotopic (exact) mass is 343 g/mol. The van der Waals surface area contributed by atoms with Crippen LogP contribution >= 0.6 is 0 Å². The van der Waals surface area contributed by atoms with Crippen LogP contribution in [0.15, 0.2) is 29.8 Å². The first kappa shape index (κ1) is 20.8. The largest absolute Gasteiger partial charge is 0.497 e. The highest BCUT2D eigenvalue weighted by Gasteiger charge is 2.10. The first-order valence-corrected chi connectivity index (χ1v) is 9.14. The van der Waals surface area contributed by atoms with Crippen molar-refractivity contribution in [1.82, 2.24) is 0 Å². The van der Waals surface area contributed by atoms with Crippen molar-refractivity contribution in [2.45, 2.75) is 58.3 Å². The van der Waals surface area contributed by atoms with E-state index in [9.17, 15) is 4.79 Å². The highest BCUT2D eigenvalue weighted by molar-refractivity contribution is 5.97. The fourth-order valence-electron chi connectivity index (χ4n) is 2.48. The lowest BCUT2D eigenvalue weighted by molar-refractivity contribution is -0.138. The molecule has 0 aliphatic carbocycles. The lowest BCUT2D eigenvalue weighted by Crippen LogP contribution is -2.08. The van der Waals surface area contributed by atoms with Gasteiger partial charge in [0.25, 0.3) is 0 Å². The maximum Gasteiger partial charge on any atom is 0.348 e. The van der Waals surface area contributed by atoms with Crippen molar-refractivity contribution >= 4 is 12.0 Å². The molecule has 0 bridgehead atoms. The van der Waals surface area contributed by atoms with Crippen LogP contribution < -0.4 is 4.74 Å². The molecule has 0 aromatic heterocycles. The van der Waals surface area contributed by atoms with E-state index in [-0.39, 0.29) is 5.57 Å². The summed E-state index contributed by atoms with van der Waals surface area (Å²) in [7, 11) is 1.59. The number of rotatable bonds is 12. The second-order valence-corrected chi connectivity index (χ2v) is 6.05. The Kier molecular flexibility index (Phi) is 10.8. The normalized spacial score (nSPS) is 11.0. The number of hydrogen-bond acceptors (Lipinski definition) is 4. The van der Waals surface area contributed by atoms with Crippen LogP contribution in [0.1, 0.15) is 63.9 Å². The van der Waals surface area contributed by atoms with Gasteiger partial charge in [-0.3, -0.25) is 0 Å². The number of nitrogens with zero attached hydrogens (tertiary/aromatic N) is 1. The Labute approximate surface area is 151 Å². The topological polar surface area (TPSA) is 59.3 Å². The fourth-order valence-corrected chi connectivity index (χ4v) is 2.48. The summed E-state index contributed by atoms with van der Waals surface area (Å²) in [5.74, 6) is 0.175. The number of esters is 1. The second-order valence-electron chi connectivity index (χ2n) is 6.05. The van der Waals surface area contributed by atoms with Crippen molar-refractivity contribution in [2.75, 3.05) is 13.7 Å². The van der Waals surface area contributed by atoms with Crippen LogP contribution in [-0.2, 0) is 9.53 Å². The summed E-state index contributed by atoms with van der Waals surface area (Å²) in [6.45, 7) is 2.59. The molecule has 4 nitrogen and oxygen atoms in total. The molecule has 25 heavy (non-hydrogen) atoms. The smallest absolute Gasteiger partial charge is 0.348 e. The molecule has 0 atom stereocenters. The second kappa shape index (κ2) is 13.1. The third-order valence-corrected chi connectivity index (χ3v) is 4.00. The number of carbonyl (C=O) groups is 1. The molecule has 0 radical (unpaired) electrons. The zero-order valence-electron chi connectivity index (χ0n) is 15.4. The van der Waals surface area contributed by atoms with Crippen molar-refractivity contribution in [1.29, 1.82) is 5.26 Å². The summed E-state index contributed by atoms with van der Waals surface area (Å²) in [4.78, 5) is 12.0. The van der Waals surface area contributed by atoms with E-state index in [4.69, 9.17) is 14.7 Å². The summed E-state index contributed by atoms with van der Waals surface area (Å²) in [6.07, 6.45) is 11.0. The van der Waals surface area contributed by atoms with Gasteiger partial charge in [-0.15, -0.1) is 0 Å². The molecule has 0 saturated carbocycles. The van der Waals surface area contributed by atoms with Gasteiger partial charge in [-0.25, -0.2) is 4.79 Å². The quantitative estimate of drug-likeness (QED) is 0.224. The first-order chi connectivity index (χ1) is 12.2. The van der Waals surface area contributed by atoms with Gasteiger partial charge >= 0.3 is 5.97 Å². The van der Waals surface area contributed by atoms with Crippen LogP contribution in [0.4, 0.5) is 0 Å². The summed E-state index contributed by atoms with van der Waals surface area (Å²) < 4.78 is 10.3. The van der Waals surface area contributed by atoms with Crippen LogP contribution in [-0.4, -0.2) is 19.7 Å². The third kappa shape index (κ3) is 8.95. The maximum absolute atomic E-state index is 12.0. The molecule has 0 aliphatic heterocycles. The minimum atomic E-state index is -0.554. The molecule has 0 amide bonds. The zero-order valence-corrected chi connectivity index (χ0v) is 15.4. The molecule has 0 N–H and O–H groups in total. The molecule has 1 rings (SSSR count). The molecule has 136 valence electrons. The molecule has 0 saturated heterocycles. The van der Waals surface area contributed by atoms with Gasteiger partial charge in [0.15, 0.2) is 0 Å². The van der Waals surface area contributed by atoms with Gasteiger partial charge in [0.05, 0.1) is 13.7 Å². The average molecular weight is 343 g/mol. The van der Waals surface area contributed by atoms with E-state index in [0.717, 1.165) is 24.2 Å². The first-order valence-electron chi connectivity index (χ1n) is 9.14. The van der Waals surface area contributed by atoms with Gasteiger partial charge in [-0.1, -0.05) is 64.0 Å². The van der Waals surface area contributed by atoms with E-state index < -0.39 is 5.97 Å². The minimum absolute atomic E-state index is 0.0183. The molecule has 0 unspecified atom stereocenters. The van der Waals surface area contributed by atoms with Gasteiger partial charge < -0.3 is 9.47 Å². The molecule has 0 spiro atoms. The summed E-state index contributed by atoms with van der Waals surface area (Å²) >= 11 is 0. The summed E-state index contributed by atoms with van der Waals surface area (Å²) in [5.41, 5.74) is 0.783. The van der Waals surface area contributed by atoms with Crippen molar-refractivity contribution in [3.63, 3.8) is 0 Å². The number of methoxy groups -OCH3 is 1. The zero-order chi connectivity index (χ0) is 18.3. The minimum Gasteiger partial charge on any atom is -0.497 e. The lowest BCUT2D eigenvalue weighted by Gasteiger charge is -2.05. The Hall–Kier alpha value is -2.28. The molecular formula is C21H29NO3. The van der Waals surface area contributed by atoms with E-state index in [0.29, 0.717) is 6.61 Å². The summed E-state index contributed by atoms with van der Waals surface area (Å²) in [6, 6.07) is 9.07. The molecule has 1 aromatic rings. The standard InChI is InChI=1S/C21H29NO3/c1-3-4-5-6-7-8-9-10-15-25-21(23)19(17-22)16-18-11-13-20(24-2)14-12-18/h11-14,16H,3-10,15H2,1-2H3. The van der Waals surface area contributed by atoms with Crippen molar-refractivity contribution in [3.8, 4) is 11.8 Å². The number of nitriles is 1. The maximum atomic E-state index is 12.0. The number of ether oxygens (including phenoxy) is 2. The molecule has 4 heteroatoms. The Balaban J connectivity index is 2.29. The fraction of sp³-hybridized carbons (Fsp3) is 0.524. The van der Waals surface area contributed by atoms with E-state index in [2.05, 4.69) is 6.92 Å². The van der Waals surface area contributed by atoms with E-state index in [1.54, 1.807) is 31.4 Å². The lowest BCUT2D eigenvalue weighted by atomic mass is 10.1. The van der Waals surface area contributed by atoms with Gasteiger partial charge in [-0.2, -0.15) is 5.26 Å². The highest BCUT2D eigenvalue weighted by atomic mass is 16.5. The van der Waals surface area contributed by atoms with Gasteiger partial charge in [0, 0.05) is 0 Å². The van der Waals surface area contributed by atoms with E-state index in [1.165, 1.54) is 44.6 Å². The van der Waals surface area contributed by atoms with Crippen molar-refractivity contribution < 1.29 is 14.3 Å². The van der Waals surface area contributed by atoms with E-state index >= 15 is 0 Å². The average Bonchev–Trinajstić information content (AvgIpc) is 2.65. The van der Waals surface area contributed by atoms with Crippen LogP contribution in [0, 0.1) is 11.3 Å². The van der Waals surface area contributed by atoms with Gasteiger partial charge in [0.2, 0.25) is 0 Å². The Morgan fingerprint density at radius 1 is 1.04 bits per heavy atom. The van der Waals surface area contributed by atoms with Crippen LogP contribution in [0.3, 0.4) is 0 Å². The van der Waals surface area contributed by atoms with Crippen molar-refractivity contribution in [2.24, 2.45) is 0 Å². The number of carbonyl (C=O) groups excluding carboxylic acids is 1. The number of benzene rings is 1. The van der Waals surface area contributed by atoms with Gasteiger partial charge in [0.1, 0.15) is 17.4 Å². The molecular weight excluding hydrogens is 314 g/mol. The molecule has 0 aliphatic rings. The predicted molar refractivity (Wildman–Crippen MR) is 100 cm³/mol. The van der Waals surface area contributed by atoms with Crippen LogP contribution in [0.2, 0.25) is 0 Å². The predicted octanol–water partition coefficient (Wildman–Crippen LogP) is 5.29. The van der Waals surface area contributed by atoms with Crippen LogP contribution in [0.25, 0.3) is 6.08 Å². The molecule has 0 fully saturated rings. The third-order valence-electron chi connectivity index (χ3n) is 4.00. The van der Waals surface area contributed by atoms with Crippen molar-refractivity contribution in [3.05, 3.63) is 35.4 Å². The Morgan fingerprint density at radius 2 is 1.64 bits per heavy atom. The Morgan fingerprint density at radius 3 is 2.20 bits per heavy atom. The van der Waals surface area contributed by atoms with Crippen LogP contribution in [0.5, 0.6) is 5.75 Å². The SMILES string of the molecule is CCCCCCCCCCOC(=O)C(C#N)=Cc1ccc(OC)cc1. The number of unbranched alkanes of at least 4 members (excludes halogenated alkanes) is 7. The van der Waals surface area contributed by atoms with Gasteiger partial charge in [-0.05, 0) is 30.2 Å².